The molecule has 1 fully saturated rings. The number of anilines is 1. The Labute approximate surface area is 112 Å². The van der Waals surface area contributed by atoms with Gasteiger partial charge in [0.1, 0.15) is 0 Å². The van der Waals surface area contributed by atoms with Crippen LogP contribution in [-0.4, -0.2) is 37.6 Å². The van der Waals surface area contributed by atoms with Crippen molar-refractivity contribution in [3.8, 4) is 0 Å². The second-order valence-corrected chi connectivity index (χ2v) is 6.15. The van der Waals surface area contributed by atoms with Gasteiger partial charge in [-0.15, -0.1) is 11.3 Å². The molecule has 1 aliphatic rings. The fraction of sp³-hybridized carbons (Fsp3) is 0.615. The van der Waals surface area contributed by atoms with Crippen LogP contribution < -0.4 is 5.73 Å². The molecular formula is C13H20N2O2S. The van der Waals surface area contributed by atoms with Crippen molar-refractivity contribution in [3.63, 3.8) is 0 Å². The van der Waals surface area contributed by atoms with E-state index in [0.29, 0.717) is 11.6 Å². The molecule has 2 N–H and O–H groups in total. The smallest absolute Gasteiger partial charge is 0.263 e. The zero-order valence-corrected chi connectivity index (χ0v) is 11.8. The van der Waals surface area contributed by atoms with Crippen LogP contribution in [-0.2, 0) is 4.74 Å². The summed E-state index contributed by atoms with van der Waals surface area (Å²) >= 11 is 1.47. The van der Waals surface area contributed by atoms with Crippen molar-refractivity contribution in [1.82, 2.24) is 4.90 Å². The molecule has 0 bridgehead atoms. The average Bonchev–Trinajstić information content (AvgIpc) is 2.70. The van der Waals surface area contributed by atoms with Crippen LogP contribution in [0.15, 0.2) is 6.07 Å². The molecular weight excluding hydrogens is 248 g/mol. The molecule has 4 nitrogen and oxygen atoms in total. The Hall–Kier alpha value is -1.07. The number of thiophene rings is 1. The number of rotatable bonds is 3. The third-order valence-electron chi connectivity index (χ3n) is 3.30. The number of nitrogens with zero attached hydrogens (tertiary/aromatic N) is 1. The zero-order valence-electron chi connectivity index (χ0n) is 10.9. The van der Waals surface area contributed by atoms with Gasteiger partial charge in [-0.3, -0.25) is 4.79 Å². The second kappa shape index (κ2) is 5.71. The van der Waals surface area contributed by atoms with Crippen molar-refractivity contribution in [2.45, 2.75) is 19.8 Å². The Morgan fingerprint density at radius 1 is 1.67 bits per heavy atom. The second-order valence-electron chi connectivity index (χ2n) is 4.89. The molecule has 1 aromatic rings. The number of carbonyl (C=O) groups excluding carboxylic acids is 1. The summed E-state index contributed by atoms with van der Waals surface area (Å²) in [7, 11) is 1.85. The number of nitrogen functional groups attached to an aromatic ring is 1. The van der Waals surface area contributed by atoms with Crippen LogP contribution in [0.1, 0.15) is 27.4 Å². The first kappa shape index (κ1) is 13.4. The van der Waals surface area contributed by atoms with Gasteiger partial charge in [-0.25, -0.2) is 0 Å². The van der Waals surface area contributed by atoms with Crippen LogP contribution >= 0.6 is 11.3 Å². The van der Waals surface area contributed by atoms with E-state index in [2.05, 4.69) is 0 Å². The summed E-state index contributed by atoms with van der Waals surface area (Å²) in [5.74, 6) is 0.525. The molecule has 2 heterocycles. The van der Waals surface area contributed by atoms with Crippen molar-refractivity contribution in [3.05, 3.63) is 15.8 Å². The highest BCUT2D eigenvalue weighted by atomic mass is 32.1. The molecule has 0 radical (unpaired) electrons. The molecule has 0 saturated carbocycles. The van der Waals surface area contributed by atoms with Crippen LogP contribution in [0.4, 0.5) is 5.69 Å². The van der Waals surface area contributed by atoms with Gasteiger partial charge in [0.15, 0.2) is 0 Å². The first-order valence-corrected chi connectivity index (χ1v) is 7.08. The number of aryl methyl sites for hydroxylation is 1. The predicted molar refractivity (Wildman–Crippen MR) is 74.0 cm³/mol. The van der Waals surface area contributed by atoms with E-state index in [-0.39, 0.29) is 5.91 Å². The first-order chi connectivity index (χ1) is 8.58. The van der Waals surface area contributed by atoms with Crippen LogP contribution in [0.2, 0.25) is 0 Å². The molecule has 1 atom stereocenters. The van der Waals surface area contributed by atoms with E-state index in [1.54, 1.807) is 11.0 Å². The normalized spacial score (nSPS) is 19.8. The largest absolute Gasteiger partial charge is 0.398 e. The van der Waals surface area contributed by atoms with Gasteiger partial charge in [0.25, 0.3) is 5.91 Å². The van der Waals surface area contributed by atoms with Crippen molar-refractivity contribution in [1.29, 1.82) is 0 Å². The van der Waals surface area contributed by atoms with Gasteiger partial charge in [0.2, 0.25) is 0 Å². The van der Waals surface area contributed by atoms with E-state index in [1.807, 2.05) is 14.0 Å². The summed E-state index contributed by atoms with van der Waals surface area (Å²) in [6.07, 6.45) is 2.24. The minimum Gasteiger partial charge on any atom is -0.398 e. The van der Waals surface area contributed by atoms with Crippen LogP contribution in [0.3, 0.4) is 0 Å². The quantitative estimate of drug-likeness (QED) is 0.913. The molecule has 0 spiro atoms. The van der Waals surface area contributed by atoms with Gasteiger partial charge < -0.3 is 15.4 Å². The van der Waals surface area contributed by atoms with E-state index < -0.39 is 0 Å². The minimum atomic E-state index is 0.0605. The van der Waals surface area contributed by atoms with Crippen molar-refractivity contribution in [2.24, 2.45) is 5.92 Å². The Morgan fingerprint density at radius 3 is 3.00 bits per heavy atom. The zero-order chi connectivity index (χ0) is 13.1. The van der Waals surface area contributed by atoms with Gasteiger partial charge in [-0.2, -0.15) is 0 Å². The van der Waals surface area contributed by atoms with Gasteiger partial charge in [-0.05, 0) is 31.7 Å². The molecule has 1 aliphatic heterocycles. The molecule has 5 heteroatoms. The number of hydrogen-bond donors (Lipinski definition) is 1. The average molecular weight is 268 g/mol. The maximum atomic E-state index is 12.2. The lowest BCUT2D eigenvalue weighted by atomic mass is 10.0. The van der Waals surface area contributed by atoms with Crippen molar-refractivity contribution in [2.75, 3.05) is 32.5 Å². The SMILES string of the molecule is Cc1sc(C(=O)N(C)CC2CCCOC2)cc1N. The summed E-state index contributed by atoms with van der Waals surface area (Å²) in [6, 6.07) is 1.77. The van der Waals surface area contributed by atoms with Gasteiger partial charge >= 0.3 is 0 Å². The van der Waals surface area contributed by atoms with Crippen LogP contribution in [0, 0.1) is 12.8 Å². The summed E-state index contributed by atoms with van der Waals surface area (Å²) < 4.78 is 5.44. The Morgan fingerprint density at radius 2 is 2.44 bits per heavy atom. The van der Waals surface area contributed by atoms with Crippen molar-refractivity contribution < 1.29 is 9.53 Å². The molecule has 1 amide bonds. The van der Waals surface area contributed by atoms with E-state index in [1.165, 1.54) is 11.3 Å². The number of hydrogen-bond acceptors (Lipinski definition) is 4. The van der Waals surface area contributed by atoms with Crippen LogP contribution in [0.5, 0.6) is 0 Å². The van der Waals surface area contributed by atoms with Crippen LogP contribution in [0.25, 0.3) is 0 Å². The Balaban J connectivity index is 1.95. The topological polar surface area (TPSA) is 55.6 Å². The number of ether oxygens (including phenoxy) is 1. The molecule has 18 heavy (non-hydrogen) atoms. The molecule has 0 aliphatic carbocycles. The summed E-state index contributed by atoms with van der Waals surface area (Å²) in [5, 5.41) is 0. The summed E-state index contributed by atoms with van der Waals surface area (Å²) in [5.41, 5.74) is 6.49. The van der Waals surface area contributed by atoms with Gasteiger partial charge in [0.05, 0.1) is 11.5 Å². The van der Waals surface area contributed by atoms with E-state index in [4.69, 9.17) is 10.5 Å². The van der Waals surface area contributed by atoms with E-state index >= 15 is 0 Å². The highest BCUT2D eigenvalue weighted by molar-refractivity contribution is 7.14. The van der Waals surface area contributed by atoms with Gasteiger partial charge in [0, 0.05) is 30.8 Å². The molecule has 2 rings (SSSR count). The fourth-order valence-electron chi connectivity index (χ4n) is 2.21. The standard InChI is InChI=1S/C13H20N2O2S/c1-9-11(14)6-12(18-9)13(16)15(2)7-10-4-3-5-17-8-10/h6,10H,3-5,7-8,14H2,1-2H3. The lowest BCUT2D eigenvalue weighted by Gasteiger charge is -2.26. The monoisotopic (exact) mass is 268 g/mol. The number of nitrogens with two attached hydrogens (primary N) is 1. The summed E-state index contributed by atoms with van der Waals surface area (Å²) in [6.45, 7) is 4.32. The minimum absolute atomic E-state index is 0.0605. The molecule has 1 saturated heterocycles. The van der Waals surface area contributed by atoms with Crippen molar-refractivity contribution >= 4 is 22.9 Å². The molecule has 1 aromatic heterocycles. The fourth-order valence-corrected chi connectivity index (χ4v) is 3.15. The number of carbonyl (C=O) groups is 1. The molecule has 1 unspecified atom stereocenters. The van der Waals surface area contributed by atoms with Gasteiger partial charge in [-0.1, -0.05) is 0 Å². The first-order valence-electron chi connectivity index (χ1n) is 6.27. The number of amides is 1. The lowest BCUT2D eigenvalue weighted by Crippen LogP contribution is -2.34. The highest BCUT2D eigenvalue weighted by Gasteiger charge is 2.21. The Bertz CT molecular complexity index is 405. The highest BCUT2D eigenvalue weighted by Crippen LogP contribution is 2.25. The Kier molecular flexibility index (Phi) is 4.24. The predicted octanol–water partition coefficient (Wildman–Crippen LogP) is 2.14. The summed E-state index contributed by atoms with van der Waals surface area (Å²) in [4.78, 5) is 15.7. The molecule has 0 aromatic carbocycles. The molecule has 100 valence electrons. The maximum absolute atomic E-state index is 12.2. The third-order valence-corrected chi connectivity index (χ3v) is 4.35. The van der Waals surface area contributed by atoms with E-state index in [0.717, 1.165) is 42.4 Å². The third kappa shape index (κ3) is 3.03. The lowest BCUT2D eigenvalue weighted by molar-refractivity contribution is 0.0390. The maximum Gasteiger partial charge on any atom is 0.263 e. The van der Waals surface area contributed by atoms with E-state index in [9.17, 15) is 4.79 Å².